The van der Waals surface area contributed by atoms with Gasteiger partial charge in [0.05, 0.1) is 25.2 Å². The van der Waals surface area contributed by atoms with E-state index in [4.69, 9.17) is 0 Å². The molecule has 0 aliphatic carbocycles. The fourth-order valence-corrected chi connectivity index (χ4v) is 2.01. The van der Waals surface area contributed by atoms with E-state index in [0.29, 0.717) is 0 Å². The molecule has 0 radical (unpaired) electrons. The predicted octanol–water partition coefficient (Wildman–Crippen LogP) is 1.77. The number of carbonyl (C=O) groups excluding carboxylic acids is 1. The molecule has 0 saturated carbocycles. The van der Waals surface area contributed by atoms with Crippen LogP contribution >= 0.6 is 0 Å². The molecule has 0 aliphatic rings. The molecule has 90 valence electrons. The first-order valence-corrected chi connectivity index (χ1v) is 5.42. The van der Waals surface area contributed by atoms with Crippen molar-refractivity contribution in [3.63, 3.8) is 0 Å². The molecule has 0 amide bonds. The second-order valence-corrected chi connectivity index (χ2v) is 4.01. The summed E-state index contributed by atoms with van der Waals surface area (Å²) in [7, 11) is 3.23. The van der Waals surface area contributed by atoms with Gasteiger partial charge >= 0.3 is 5.97 Å². The van der Waals surface area contributed by atoms with Crippen LogP contribution in [0.2, 0.25) is 0 Å². The first-order valence-electron chi connectivity index (χ1n) is 5.42. The van der Waals surface area contributed by atoms with E-state index in [1.165, 1.54) is 7.11 Å². The summed E-state index contributed by atoms with van der Waals surface area (Å²) in [6, 6.07) is 7.65. The number of esters is 1. The third-order valence-corrected chi connectivity index (χ3v) is 2.88. The van der Waals surface area contributed by atoms with Gasteiger partial charge in [-0.3, -0.25) is 4.79 Å². The zero-order chi connectivity index (χ0) is 12.4. The van der Waals surface area contributed by atoms with Crippen molar-refractivity contribution in [3.8, 4) is 0 Å². The minimum Gasteiger partial charge on any atom is -0.469 e. The number of aryl methyl sites for hydroxylation is 1. The van der Waals surface area contributed by atoms with Crippen LogP contribution in [0.3, 0.4) is 0 Å². The van der Waals surface area contributed by atoms with Gasteiger partial charge in [-0.1, -0.05) is 18.2 Å². The smallest absolute Gasteiger partial charge is 0.308 e. The molecule has 1 N–H and O–H groups in total. The number of carbonyl (C=O) groups is 1. The lowest BCUT2D eigenvalue weighted by molar-refractivity contribution is -0.142. The number of methoxy groups -OCH3 is 1. The lowest BCUT2D eigenvalue weighted by Gasteiger charge is -2.12. The summed E-state index contributed by atoms with van der Waals surface area (Å²) in [6.07, 6.45) is 1.07. The number of ether oxygens (including phenoxy) is 1. The van der Waals surface area contributed by atoms with Crippen LogP contribution in [0.1, 0.15) is 18.1 Å². The van der Waals surface area contributed by atoms with Gasteiger partial charge in [-0.15, -0.1) is 0 Å². The second-order valence-electron chi connectivity index (χ2n) is 4.01. The lowest BCUT2D eigenvalue weighted by atomic mass is 10.0. The van der Waals surface area contributed by atoms with E-state index < -0.39 is 12.1 Å². The van der Waals surface area contributed by atoms with E-state index in [0.717, 1.165) is 16.5 Å². The average molecular weight is 233 g/mol. The van der Waals surface area contributed by atoms with Gasteiger partial charge in [0, 0.05) is 18.8 Å². The normalized spacial score (nSPS) is 12.6. The molecule has 4 heteroatoms. The maximum atomic E-state index is 11.2. The Morgan fingerprint density at radius 3 is 2.94 bits per heavy atom. The van der Waals surface area contributed by atoms with E-state index in [2.05, 4.69) is 4.74 Å². The Balaban J connectivity index is 2.40. The maximum absolute atomic E-state index is 11.2. The van der Waals surface area contributed by atoms with Crippen molar-refractivity contribution in [2.75, 3.05) is 7.11 Å². The number of benzene rings is 1. The molecule has 0 spiro atoms. The quantitative estimate of drug-likeness (QED) is 0.822. The molecule has 0 saturated heterocycles. The lowest BCUT2D eigenvalue weighted by Crippen LogP contribution is -2.09. The van der Waals surface area contributed by atoms with Gasteiger partial charge in [0.2, 0.25) is 0 Å². The van der Waals surface area contributed by atoms with Crippen molar-refractivity contribution in [3.05, 3.63) is 36.0 Å². The van der Waals surface area contributed by atoms with Crippen molar-refractivity contribution >= 4 is 16.9 Å². The third-order valence-electron chi connectivity index (χ3n) is 2.88. The van der Waals surface area contributed by atoms with Crippen LogP contribution in [-0.4, -0.2) is 22.8 Å². The van der Waals surface area contributed by atoms with Crippen molar-refractivity contribution in [1.82, 2.24) is 4.57 Å². The Morgan fingerprint density at radius 2 is 2.24 bits per heavy atom. The largest absolute Gasteiger partial charge is 0.469 e. The van der Waals surface area contributed by atoms with Crippen molar-refractivity contribution in [1.29, 1.82) is 0 Å². The fourth-order valence-electron chi connectivity index (χ4n) is 2.01. The van der Waals surface area contributed by atoms with Gasteiger partial charge in [-0.25, -0.2) is 0 Å². The van der Waals surface area contributed by atoms with Crippen molar-refractivity contribution in [2.45, 2.75) is 12.5 Å². The molecule has 1 aromatic carbocycles. The van der Waals surface area contributed by atoms with Gasteiger partial charge in [0.15, 0.2) is 0 Å². The molecule has 2 rings (SSSR count). The minimum atomic E-state index is -0.834. The molecule has 0 fully saturated rings. The fraction of sp³-hybridized carbons (Fsp3) is 0.308. The number of aromatic nitrogens is 1. The summed E-state index contributed by atoms with van der Waals surface area (Å²) in [4.78, 5) is 11.2. The molecule has 0 unspecified atom stereocenters. The predicted molar refractivity (Wildman–Crippen MR) is 64.5 cm³/mol. The highest BCUT2D eigenvalue weighted by atomic mass is 16.5. The molecule has 1 atom stereocenters. The number of aliphatic hydroxyl groups is 1. The Bertz CT molecular complexity index is 545. The molecule has 1 aromatic heterocycles. The molecule has 2 aromatic rings. The van der Waals surface area contributed by atoms with Crippen LogP contribution < -0.4 is 0 Å². The Hall–Kier alpha value is -1.81. The van der Waals surface area contributed by atoms with Crippen molar-refractivity contribution < 1.29 is 14.6 Å². The summed E-state index contributed by atoms with van der Waals surface area (Å²) < 4.78 is 6.50. The number of rotatable bonds is 3. The Kier molecular flexibility index (Phi) is 3.15. The first-order chi connectivity index (χ1) is 8.13. The zero-order valence-corrected chi connectivity index (χ0v) is 9.88. The van der Waals surface area contributed by atoms with Crippen LogP contribution in [0.5, 0.6) is 0 Å². The van der Waals surface area contributed by atoms with Gasteiger partial charge < -0.3 is 14.4 Å². The minimum absolute atomic E-state index is 0.0270. The van der Waals surface area contributed by atoms with Crippen LogP contribution in [0.4, 0.5) is 0 Å². The summed E-state index contributed by atoms with van der Waals surface area (Å²) in [6.45, 7) is 0. The summed E-state index contributed by atoms with van der Waals surface area (Å²) in [5, 5.41) is 11.1. The van der Waals surface area contributed by atoms with E-state index in [-0.39, 0.29) is 6.42 Å². The van der Waals surface area contributed by atoms with Gasteiger partial charge in [-0.05, 0) is 11.5 Å². The van der Waals surface area contributed by atoms with Gasteiger partial charge in [0.25, 0.3) is 0 Å². The summed E-state index contributed by atoms with van der Waals surface area (Å²) in [5.74, 6) is -0.413. The zero-order valence-electron chi connectivity index (χ0n) is 9.88. The van der Waals surface area contributed by atoms with Gasteiger partial charge in [0.1, 0.15) is 0 Å². The highest BCUT2D eigenvalue weighted by molar-refractivity contribution is 5.84. The number of aliphatic hydroxyl groups excluding tert-OH is 1. The average Bonchev–Trinajstić information content (AvgIpc) is 2.71. The van der Waals surface area contributed by atoms with Crippen LogP contribution in [-0.2, 0) is 16.6 Å². The number of hydrogen-bond acceptors (Lipinski definition) is 3. The topological polar surface area (TPSA) is 51.5 Å². The summed E-state index contributed by atoms with van der Waals surface area (Å²) >= 11 is 0. The Labute approximate surface area is 99.4 Å². The van der Waals surface area contributed by atoms with E-state index in [1.807, 2.05) is 42.1 Å². The van der Waals surface area contributed by atoms with Crippen molar-refractivity contribution in [2.24, 2.45) is 7.05 Å². The molecule has 1 heterocycles. The van der Waals surface area contributed by atoms with E-state index >= 15 is 0 Å². The first kappa shape index (κ1) is 11.7. The molecule has 0 aliphatic heterocycles. The maximum Gasteiger partial charge on any atom is 0.308 e. The molecule has 17 heavy (non-hydrogen) atoms. The monoisotopic (exact) mass is 233 g/mol. The van der Waals surface area contributed by atoms with E-state index in [9.17, 15) is 9.90 Å². The number of fused-ring (bicyclic) bond motifs is 1. The summed E-state index contributed by atoms with van der Waals surface area (Å²) in [5.41, 5.74) is 1.70. The van der Waals surface area contributed by atoms with Crippen LogP contribution in [0.25, 0.3) is 10.9 Å². The Morgan fingerprint density at radius 1 is 1.47 bits per heavy atom. The van der Waals surface area contributed by atoms with Crippen LogP contribution in [0, 0.1) is 0 Å². The second kappa shape index (κ2) is 4.59. The standard InChI is InChI=1S/C13H15NO3/c1-14-7-6-9-4-3-5-10(13(9)14)11(15)8-12(16)17-2/h3-7,11,15H,8H2,1-2H3/t11-/m1/s1. The molecular weight excluding hydrogens is 218 g/mol. The molecule has 0 bridgehead atoms. The molecule has 4 nitrogen and oxygen atoms in total. The third kappa shape index (κ3) is 2.17. The number of hydrogen-bond donors (Lipinski definition) is 1. The highest BCUT2D eigenvalue weighted by Crippen LogP contribution is 2.26. The van der Waals surface area contributed by atoms with Gasteiger partial charge in [-0.2, -0.15) is 0 Å². The van der Waals surface area contributed by atoms with E-state index in [1.54, 1.807) is 0 Å². The number of para-hydroxylation sites is 1. The highest BCUT2D eigenvalue weighted by Gasteiger charge is 2.17. The molecular formula is C13H15NO3. The van der Waals surface area contributed by atoms with Crippen LogP contribution in [0.15, 0.2) is 30.5 Å². The SMILES string of the molecule is COC(=O)C[C@@H](O)c1cccc2ccn(C)c12. The number of nitrogens with zero attached hydrogens (tertiary/aromatic N) is 1.